The highest BCUT2D eigenvalue weighted by Gasteiger charge is 2.41. The summed E-state index contributed by atoms with van der Waals surface area (Å²) in [5.74, 6) is -2.83. The molecule has 0 aliphatic heterocycles. The van der Waals surface area contributed by atoms with Gasteiger partial charge in [0.2, 0.25) is 5.78 Å². The second kappa shape index (κ2) is 3.86. The average Bonchev–Trinajstić information content (AvgIpc) is 2.15. The van der Waals surface area contributed by atoms with Crippen LogP contribution < -0.4 is 0 Å². The second-order valence-electron chi connectivity index (χ2n) is 2.99. The number of Topliss-reactive ketones (excluding diaryl/α,β-unsaturated/α-hetero) is 1. The lowest BCUT2D eigenvalue weighted by Crippen LogP contribution is -2.29. The number of ketones is 1. The lowest BCUT2D eigenvalue weighted by molar-refractivity contribution is -0.170. The summed E-state index contributed by atoms with van der Waals surface area (Å²) in [5, 5.41) is 0. The first-order chi connectivity index (χ1) is 6.43. The molecule has 0 bridgehead atoms. The number of alkyl halides is 3. The van der Waals surface area contributed by atoms with Crippen LogP contribution in [0.5, 0.6) is 0 Å². The van der Waals surface area contributed by atoms with Crippen LogP contribution in [-0.4, -0.2) is 19.8 Å². The molecule has 0 saturated heterocycles. The molecule has 1 unspecified atom stereocenters. The van der Waals surface area contributed by atoms with Crippen molar-refractivity contribution in [3.8, 4) is 0 Å². The van der Waals surface area contributed by atoms with E-state index in [9.17, 15) is 18.0 Å². The molecule has 0 N–H and O–H groups in total. The zero-order valence-electron chi connectivity index (χ0n) is 7.51. The van der Waals surface area contributed by atoms with E-state index in [1.165, 1.54) is 20.0 Å². The number of halogens is 3. The quantitative estimate of drug-likeness (QED) is 0.661. The van der Waals surface area contributed by atoms with Crippen molar-refractivity contribution in [1.29, 1.82) is 0 Å². The fourth-order valence-electron chi connectivity index (χ4n) is 1.14. The van der Waals surface area contributed by atoms with Crippen molar-refractivity contribution in [3.05, 3.63) is 35.9 Å². The zero-order valence-corrected chi connectivity index (χ0v) is 7.51. The van der Waals surface area contributed by atoms with E-state index in [1.807, 2.05) is 0 Å². The molecule has 1 atom stereocenters. The normalized spacial score (nSPS) is 13.6. The van der Waals surface area contributed by atoms with Gasteiger partial charge in [0.15, 0.2) is 0 Å². The predicted octanol–water partition coefficient (Wildman–Crippen LogP) is 1.49. The molecule has 0 saturated carbocycles. The van der Waals surface area contributed by atoms with Crippen molar-refractivity contribution in [2.24, 2.45) is 0 Å². The summed E-state index contributed by atoms with van der Waals surface area (Å²) in [7, 11) is 1.26. The van der Waals surface area contributed by atoms with Crippen molar-refractivity contribution in [2.45, 2.75) is 12.0 Å². The van der Waals surface area contributed by atoms with Crippen LogP contribution in [0.15, 0.2) is 30.3 Å². The van der Waals surface area contributed by atoms with Crippen LogP contribution in [0.3, 0.4) is 0 Å². The Hall–Kier alpha value is -1.26. The minimum Gasteiger partial charge on any atom is -0.290 e. The van der Waals surface area contributed by atoms with Crippen LogP contribution in [0.2, 0.25) is 0 Å². The molecule has 1 nitrogen and oxygen atoms in total. The predicted molar refractivity (Wildman–Crippen MR) is 48.8 cm³/mol. The molecule has 74 valence electrons. The molecule has 0 aliphatic carbocycles. The number of carbonyl (C=O) groups is 1. The Morgan fingerprint density at radius 3 is 2.14 bits per heavy atom. The van der Waals surface area contributed by atoms with Crippen LogP contribution in [0.1, 0.15) is 11.4 Å². The lowest BCUT2D eigenvalue weighted by atomic mass is 9.77. The average molecular weight is 200 g/mol. The van der Waals surface area contributed by atoms with Crippen molar-refractivity contribution in [1.82, 2.24) is 0 Å². The molecule has 1 aromatic rings. The van der Waals surface area contributed by atoms with Crippen molar-refractivity contribution in [3.63, 3.8) is 0 Å². The van der Waals surface area contributed by atoms with Crippen LogP contribution >= 0.6 is 0 Å². The molecule has 1 aromatic carbocycles. The Morgan fingerprint density at radius 1 is 1.21 bits per heavy atom. The summed E-state index contributed by atoms with van der Waals surface area (Å²) in [5.41, 5.74) is 0.384. The molecule has 0 amide bonds. The van der Waals surface area contributed by atoms with Gasteiger partial charge in [-0.15, -0.1) is 0 Å². The topological polar surface area (TPSA) is 17.1 Å². The number of rotatable bonds is 2. The fraction of sp³-hybridized carbons (Fsp3) is 0.222. The third kappa shape index (κ3) is 2.37. The van der Waals surface area contributed by atoms with E-state index in [2.05, 4.69) is 0 Å². The smallest absolute Gasteiger partial charge is 0.290 e. The summed E-state index contributed by atoms with van der Waals surface area (Å²) in [6.45, 7) is 0. The van der Waals surface area contributed by atoms with Gasteiger partial charge < -0.3 is 0 Å². The molecule has 0 fully saturated rings. The standard InChI is InChI=1S/C9H8BF3O/c10-7(8(14)9(11,12)13)6-4-2-1-3-5-6/h1-5,7H,10H2. The van der Waals surface area contributed by atoms with Gasteiger partial charge in [-0.2, -0.15) is 13.2 Å². The summed E-state index contributed by atoms with van der Waals surface area (Å²) < 4.78 is 36.1. The Kier molecular flexibility index (Phi) is 2.98. The Morgan fingerprint density at radius 2 is 1.71 bits per heavy atom. The van der Waals surface area contributed by atoms with Gasteiger partial charge in [0.05, 0.1) is 0 Å². The monoisotopic (exact) mass is 200 g/mol. The molecule has 0 aliphatic rings. The third-order valence-corrected chi connectivity index (χ3v) is 1.97. The van der Waals surface area contributed by atoms with E-state index in [1.54, 1.807) is 18.2 Å². The fourth-order valence-corrected chi connectivity index (χ4v) is 1.14. The first kappa shape index (κ1) is 10.8. The maximum atomic E-state index is 12.0. The highest BCUT2D eigenvalue weighted by molar-refractivity contribution is 6.25. The minimum atomic E-state index is -4.75. The second-order valence-corrected chi connectivity index (χ2v) is 2.99. The van der Waals surface area contributed by atoms with Gasteiger partial charge in [0.25, 0.3) is 0 Å². The number of carbonyl (C=O) groups excluding carboxylic acids is 1. The van der Waals surface area contributed by atoms with E-state index in [-0.39, 0.29) is 0 Å². The third-order valence-electron chi connectivity index (χ3n) is 1.97. The SMILES string of the molecule is BC(C(=O)C(F)(F)F)c1ccccc1. The molecule has 0 heterocycles. The van der Waals surface area contributed by atoms with Gasteiger partial charge in [-0.25, -0.2) is 0 Å². The summed E-state index contributed by atoms with van der Waals surface area (Å²) >= 11 is 0. The van der Waals surface area contributed by atoms with E-state index in [4.69, 9.17) is 0 Å². The highest BCUT2D eigenvalue weighted by atomic mass is 19.4. The minimum absolute atomic E-state index is 0.384. The molecule has 14 heavy (non-hydrogen) atoms. The molecule has 0 spiro atoms. The Labute approximate surface area is 80.3 Å². The van der Waals surface area contributed by atoms with E-state index < -0.39 is 17.8 Å². The maximum Gasteiger partial charge on any atom is 0.449 e. The van der Waals surface area contributed by atoms with E-state index in [0.717, 1.165) is 0 Å². The largest absolute Gasteiger partial charge is 0.449 e. The van der Waals surface area contributed by atoms with Gasteiger partial charge in [0.1, 0.15) is 7.85 Å². The van der Waals surface area contributed by atoms with E-state index >= 15 is 0 Å². The molecule has 0 aromatic heterocycles. The summed E-state index contributed by atoms with van der Waals surface area (Å²) in [4.78, 5) is 10.8. The van der Waals surface area contributed by atoms with Gasteiger partial charge >= 0.3 is 6.18 Å². The first-order valence-electron chi connectivity index (χ1n) is 4.09. The zero-order chi connectivity index (χ0) is 10.8. The van der Waals surface area contributed by atoms with Gasteiger partial charge in [-0.05, 0) is 5.56 Å². The maximum absolute atomic E-state index is 12.0. The summed E-state index contributed by atoms with van der Waals surface area (Å²) in [6.07, 6.45) is -4.75. The molecular formula is C9H8BF3O. The molecule has 1 rings (SSSR count). The molecule has 5 heteroatoms. The number of hydrogen-bond acceptors (Lipinski definition) is 1. The van der Waals surface area contributed by atoms with Gasteiger partial charge in [0, 0.05) is 5.82 Å². The van der Waals surface area contributed by atoms with Crippen molar-refractivity contribution < 1.29 is 18.0 Å². The number of hydrogen-bond donors (Lipinski definition) is 0. The van der Waals surface area contributed by atoms with Crippen LogP contribution in [0.25, 0.3) is 0 Å². The Balaban J connectivity index is 2.87. The lowest BCUT2D eigenvalue weighted by Gasteiger charge is -2.12. The number of benzene rings is 1. The van der Waals surface area contributed by atoms with E-state index in [0.29, 0.717) is 5.56 Å². The molecule has 0 radical (unpaired) electrons. The van der Waals surface area contributed by atoms with Crippen LogP contribution in [0.4, 0.5) is 13.2 Å². The summed E-state index contributed by atoms with van der Waals surface area (Å²) in [6, 6.07) is 7.92. The Bertz CT molecular complexity index is 321. The highest BCUT2D eigenvalue weighted by Crippen LogP contribution is 2.25. The van der Waals surface area contributed by atoms with Crippen molar-refractivity contribution in [2.75, 3.05) is 0 Å². The molecular weight excluding hydrogens is 192 g/mol. The van der Waals surface area contributed by atoms with Crippen LogP contribution in [-0.2, 0) is 4.79 Å². The van der Waals surface area contributed by atoms with Gasteiger partial charge in [-0.3, -0.25) is 4.79 Å². The van der Waals surface area contributed by atoms with Gasteiger partial charge in [-0.1, -0.05) is 30.3 Å². The first-order valence-corrected chi connectivity index (χ1v) is 4.09. The van der Waals surface area contributed by atoms with Crippen LogP contribution in [0, 0.1) is 0 Å². The van der Waals surface area contributed by atoms with Crippen molar-refractivity contribution >= 4 is 13.6 Å².